The molecule has 0 amide bonds. The molecule has 0 bridgehead atoms. The molecule has 3 rings (SSSR count). The van der Waals surface area contributed by atoms with E-state index in [0.29, 0.717) is 21.8 Å². The van der Waals surface area contributed by atoms with E-state index in [-0.39, 0.29) is 11.3 Å². The van der Waals surface area contributed by atoms with Gasteiger partial charge in [-0.1, -0.05) is 11.8 Å². The third kappa shape index (κ3) is 2.70. The SMILES string of the molecule is O=C(O)c1ccc(F)c(CSc2ncnc3nc[nH]c23)c1. The van der Waals surface area contributed by atoms with Crippen molar-refractivity contribution in [1.82, 2.24) is 19.9 Å². The lowest BCUT2D eigenvalue weighted by atomic mass is 10.1. The maximum absolute atomic E-state index is 13.7. The molecule has 0 fully saturated rings. The highest BCUT2D eigenvalue weighted by Gasteiger charge is 2.11. The van der Waals surface area contributed by atoms with Crippen molar-refractivity contribution in [2.45, 2.75) is 10.8 Å². The molecule has 0 radical (unpaired) electrons. The maximum atomic E-state index is 13.7. The van der Waals surface area contributed by atoms with Crippen molar-refractivity contribution in [3.05, 3.63) is 47.8 Å². The van der Waals surface area contributed by atoms with Crippen LogP contribution in [0.1, 0.15) is 15.9 Å². The van der Waals surface area contributed by atoms with Gasteiger partial charge in [0.2, 0.25) is 0 Å². The van der Waals surface area contributed by atoms with Gasteiger partial charge in [0, 0.05) is 5.75 Å². The van der Waals surface area contributed by atoms with E-state index in [0.717, 1.165) is 6.07 Å². The Morgan fingerprint density at radius 3 is 3.00 bits per heavy atom. The van der Waals surface area contributed by atoms with E-state index in [2.05, 4.69) is 19.9 Å². The molecule has 0 aliphatic heterocycles. The topological polar surface area (TPSA) is 91.8 Å². The molecule has 0 saturated carbocycles. The Labute approximate surface area is 122 Å². The van der Waals surface area contributed by atoms with E-state index < -0.39 is 11.8 Å². The molecule has 3 aromatic rings. The van der Waals surface area contributed by atoms with Crippen LogP contribution in [0.3, 0.4) is 0 Å². The molecule has 0 aliphatic rings. The summed E-state index contributed by atoms with van der Waals surface area (Å²) in [4.78, 5) is 26.0. The van der Waals surface area contributed by atoms with E-state index in [9.17, 15) is 9.18 Å². The number of hydrogen-bond acceptors (Lipinski definition) is 5. The minimum atomic E-state index is -1.08. The number of rotatable bonds is 4. The summed E-state index contributed by atoms with van der Waals surface area (Å²) in [6.45, 7) is 0. The van der Waals surface area contributed by atoms with Crippen LogP contribution in [0.15, 0.2) is 35.9 Å². The first-order valence-electron chi connectivity index (χ1n) is 5.94. The molecular formula is C13H9FN4O2S. The van der Waals surface area contributed by atoms with Crippen molar-refractivity contribution in [3.8, 4) is 0 Å². The number of nitrogens with zero attached hydrogens (tertiary/aromatic N) is 3. The fourth-order valence-corrected chi connectivity index (χ4v) is 2.75. The number of fused-ring (bicyclic) bond motifs is 1. The van der Waals surface area contributed by atoms with E-state index in [1.165, 1.54) is 36.5 Å². The van der Waals surface area contributed by atoms with Crippen LogP contribution in [0.5, 0.6) is 0 Å². The molecule has 106 valence electrons. The first-order valence-corrected chi connectivity index (χ1v) is 6.92. The second-order valence-corrected chi connectivity index (χ2v) is 5.14. The number of imidazole rings is 1. The summed E-state index contributed by atoms with van der Waals surface area (Å²) in [7, 11) is 0. The van der Waals surface area contributed by atoms with Crippen LogP contribution in [-0.4, -0.2) is 31.0 Å². The first kappa shape index (κ1) is 13.5. The largest absolute Gasteiger partial charge is 0.478 e. The molecule has 0 spiro atoms. The summed E-state index contributed by atoms with van der Waals surface area (Å²) in [6.07, 6.45) is 2.89. The number of carbonyl (C=O) groups is 1. The quantitative estimate of drug-likeness (QED) is 0.568. The molecule has 2 N–H and O–H groups in total. The molecule has 0 unspecified atom stereocenters. The maximum Gasteiger partial charge on any atom is 0.335 e. The molecule has 0 saturated heterocycles. The number of thioether (sulfide) groups is 1. The highest BCUT2D eigenvalue weighted by atomic mass is 32.2. The fraction of sp³-hybridized carbons (Fsp3) is 0.0769. The number of H-pyrrole nitrogens is 1. The summed E-state index contributed by atoms with van der Waals surface area (Å²) in [5.74, 6) is -1.26. The highest BCUT2D eigenvalue weighted by Crippen LogP contribution is 2.26. The number of aromatic nitrogens is 4. The lowest BCUT2D eigenvalue weighted by molar-refractivity contribution is 0.0696. The van der Waals surface area contributed by atoms with Crippen molar-refractivity contribution in [1.29, 1.82) is 0 Å². The van der Waals surface area contributed by atoms with Gasteiger partial charge in [-0.15, -0.1) is 0 Å². The number of aromatic amines is 1. The third-order valence-electron chi connectivity index (χ3n) is 2.85. The zero-order valence-electron chi connectivity index (χ0n) is 10.6. The second kappa shape index (κ2) is 5.49. The van der Waals surface area contributed by atoms with Crippen molar-refractivity contribution in [2.24, 2.45) is 0 Å². The van der Waals surface area contributed by atoms with Crippen molar-refractivity contribution < 1.29 is 14.3 Å². The lowest BCUT2D eigenvalue weighted by Gasteiger charge is -2.05. The predicted octanol–water partition coefficient (Wildman–Crippen LogP) is 2.48. The Hall–Kier alpha value is -2.48. The van der Waals surface area contributed by atoms with E-state index in [1.54, 1.807) is 0 Å². The Balaban J connectivity index is 1.86. The number of aromatic carboxylic acids is 1. The molecule has 1 aromatic carbocycles. The van der Waals surface area contributed by atoms with Gasteiger partial charge in [-0.2, -0.15) is 0 Å². The van der Waals surface area contributed by atoms with E-state index >= 15 is 0 Å². The highest BCUT2D eigenvalue weighted by molar-refractivity contribution is 7.98. The zero-order chi connectivity index (χ0) is 14.8. The molecule has 0 aliphatic carbocycles. The number of hydrogen-bond donors (Lipinski definition) is 2. The van der Waals surface area contributed by atoms with Gasteiger partial charge in [0.1, 0.15) is 22.7 Å². The summed E-state index contributed by atoms with van der Waals surface area (Å²) in [5.41, 5.74) is 1.58. The van der Waals surface area contributed by atoms with Crippen LogP contribution < -0.4 is 0 Å². The van der Waals surface area contributed by atoms with Gasteiger partial charge >= 0.3 is 5.97 Å². The smallest absolute Gasteiger partial charge is 0.335 e. The summed E-state index contributed by atoms with van der Waals surface area (Å²) in [5, 5.41) is 9.57. The van der Waals surface area contributed by atoms with Crippen LogP contribution in [0.4, 0.5) is 4.39 Å². The Kier molecular flexibility index (Phi) is 3.53. The average Bonchev–Trinajstić information content (AvgIpc) is 2.95. The van der Waals surface area contributed by atoms with Gasteiger partial charge in [0.05, 0.1) is 11.9 Å². The average molecular weight is 304 g/mol. The van der Waals surface area contributed by atoms with Gasteiger partial charge in [0.25, 0.3) is 0 Å². The van der Waals surface area contributed by atoms with Crippen LogP contribution in [0.2, 0.25) is 0 Å². The van der Waals surface area contributed by atoms with Crippen LogP contribution in [0.25, 0.3) is 11.2 Å². The standard InChI is InChI=1S/C13H9FN4O2S/c14-9-2-1-7(13(19)20)3-8(9)4-21-12-10-11(16-5-15-10)17-6-18-12/h1-3,5-6H,4H2,(H,19,20)(H,15,16,17,18). The molecule has 0 atom stereocenters. The normalized spacial score (nSPS) is 10.9. The van der Waals surface area contributed by atoms with E-state index in [4.69, 9.17) is 5.11 Å². The number of benzene rings is 1. The molecule has 21 heavy (non-hydrogen) atoms. The number of halogens is 1. The Morgan fingerprint density at radius 2 is 2.19 bits per heavy atom. The van der Waals surface area contributed by atoms with E-state index in [1.807, 2.05) is 0 Å². The van der Waals surface area contributed by atoms with Crippen molar-refractivity contribution in [3.63, 3.8) is 0 Å². The lowest BCUT2D eigenvalue weighted by Crippen LogP contribution is -1.99. The number of carboxylic acids is 1. The van der Waals surface area contributed by atoms with Crippen LogP contribution in [-0.2, 0) is 5.75 Å². The summed E-state index contributed by atoms with van der Waals surface area (Å²) < 4.78 is 13.7. The number of nitrogens with one attached hydrogen (secondary N) is 1. The zero-order valence-corrected chi connectivity index (χ0v) is 11.4. The molecular weight excluding hydrogens is 295 g/mol. The van der Waals surface area contributed by atoms with Gasteiger partial charge in [-0.25, -0.2) is 24.1 Å². The molecule has 2 aromatic heterocycles. The summed E-state index contributed by atoms with van der Waals surface area (Å²) in [6, 6.07) is 3.73. The fourth-order valence-electron chi connectivity index (χ4n) is 1.82. The van der Waals surface area contributed by atoms with Gasteiger partial charge in [0.15, 0.2) is 5.65 Å². The van der Waals surface area contributed by atoms with Gasteiger partial charge in [-0.05, 0) is 23.8 Å². The monoisotopic (exact) mass is 304 g/mol. The first-order chi connectivity index (χ1) is 10.1. The Bertz CT molecular complexity index is 821. The van der Waals surface area contributed by atoms with Crippen LogP contribution in [0, 0.1) is 5.82 Å². The van der Waals surface area contributed by atoms with Crippen LogP contribution >= 0.6 is 11.8 Å². The molecule has 6 nitrogen and oxygen atoms in total. The van der Waals surface area contributed by atoms with Crippen molar-refractivity contribution >= 4 is 28.9 Å². The minimum absolute atomic E-state index is 0.0568. The molecule has 2 heterocycles. The summed E-state index contributed by atoms with van der Waals surface area (Å²) >= 11 is 1.29. The Morgan fingerprint density at radius 1 is 1.33 bits per heavy atom. The third-order valence-corrected chi connectivity index (χ3v) is 3.88. The van der Waals surface area contributed by atoms with Crippen molar-refractivity contribution in [2.75, 3.05) is 0 Å². The predicted molar refractivity (Wildman–Crippen MR) is 74.6 cm³/mol. The second-order valence-electron chi connectivity index (χ2n) is 4.18. The minimum Gasteiger partial charge on any atom is -0.478 e. The number of carboxylic acid groups (broad SMARTS) is 1. The molecule has 8 heteroatoms. The van der Waals surface area contributed by atoms with Gasteiger partial charge in [-0.3, -0.25) is 0 Å². The van der Waals surface area contributed by atoms with Gasteiger partial charge < -0.3 is 10.1 Å².